The molecular weight excluding hydrogens is 332 g/mol. The summed E-state index contributed by atoms with van der Waals surface area (Å²) in [5.74, 6) is 0.752. The van der Waals surface area contributed by atoms with Gasteiger partial charge >= 0.3 is 0 Å². The first-order chi connectivity index (χ1) is 12.1. The number of nitrogens with zero attached hydrogens (tertiary/aromatic N) is 1. The molecule has 6 heteroatoms. The molecule has 134 valence electrons. The second kappa shape index (κ2) is 9.84. The number of aryl methyl sites for hydroxylation is 1. The van der Waals surface area contributed by atoms with Gasteiger partial charge in [0, 0.05) is 23.5 Å². The highest BCUT2D eigenvalue weighted by molar-refractivity contribution is 7.10. The Balaban J connectivity index is 1.95. The highest BCUT2D eigenvalue weighted by Gasteiger charge is 2.04. The van der Waals surface area contributed by atoms with Crippen LogP contribution in [0, 0.1) is 6.92 Å². The summed E-state index contributed by atoms with van der Waals surface area (Å²) >= 11 is 1.75. The van der Waals surface area contributed by atoms with Gasteiger partial charge in [0.1, 0.15) is 0 Å². The third-order valence-electron chi connectivity index (χ3n) is 3.70. The van der Waals surface area contributed by atoms with Crippen molar-refractivity contribution in [1.29, 1.82) is 0 Å². The quantitative estimate of drug-likeness (QED) is 0.526. The van der Waals surface area contributed by atoms with E-state index in [1.165, 1.54) is 10.4 Å². The number of hydrogen-bond donors (Lipinski definition) is 3. The van der Waals surface area contributed by atoms with Crippen LogP contribution in [0.15, 0.2) is 40.7 Å². The zero-order valence-electron chi connectivity index (χ0n) is 15.1. The predicted octanol–water partition coefficient (Wildman–Crippen LogP) is 3.06. The topological polar surface area (TPSA) is 65.5 Å². The van der Waals surface area contributed by atoms with Crippen molar-refractivity contribution in [2.24, 2.45) is 4.99 Å². The van der Waals surface area contributed by atoms with Gasteiger partial charge < -0.3 is 16.0 Å². The van der Waals surface area contributed by atoms with Crippen LogP contribution >= 0.6 is 11.3 Å². The van der Waals surface area contributed by atoms with E-state index in [1.54, 1.807) is 11.3 Å². The number of carbonyl (C=O) groups excluding carboxylic acids is 1. The van der Waals surface area contributed by atoms with Gasteiger partial charge in [0.05, 0.1) is 13.1 Å². The number of amides is 1. The van der Waals surface area contributed by atoms with Crippen LogP contribution in [0.2, 0.25) is 0 Å². The maximum atomic E-state index is 11.8. The number of aliphatic imine (C=N–C) groups is 1. The summed E-state index contributed by atoms with van der Waals surface area (Å²) in [6.07, 6.45) is 0. The Labute approximate surface area is 153 Å². The number of hydrogen-bond acceptors (Lipinski definition) is 3. The molecule has 0 fully saturated rings. The minimum Gasteiger partial charge on any atom is -0.357 e. The van der Waals surface area contributed by atoms with E-state index in [0.717, 1.165) is 24.6 Å². The average molecular weight is 359 g/mol. The molecule has 5 nitrogen and oxygen atoms in total. The summed E-state index contributed by atoms with van der Waals surface area (Å²) in [5, 5.41) is 11.5. The van der Waals surface area contributed by atoms with Gasteiger partial charge in [0.15, 0.2) is 5.96 Å². The molecule has 2 rings (SSSR count). The predicted molar refractivity (Wildman–Crippen MR) is 105 cm³/mol. The lowest BCUT2D eigenvalue weighted by atomic mass is 10.1. The van der Waals surface area contributed by atoms with Gasteiger partial charge in [-0.2, -0.15) is 0 Å². The molecule has 25 heavy (non-hydrogen) atoms. The Bertz CT molecular complexity index is 706. The van der Waals surface area contributed by atoms with E-state index in [2.05, 4.69) is 46.2 Å². The molecule has 2 aromatic rings. The third-order valence-corrected chi connectivity index (χ3v) is 4.72. The van der Waals surface area contributed by atoms with Crippen LogP contribution in [0.3, 0.4) is 0 Å². The minimum atomic E-state index is -0.0427. The molecule has 0 saturated heterocycles. The minimum absolute atomic E-state index is 0.0427. The summed E-state index contributed by atoms with van der Waals surface area (Å²) in [5.41, 5.74) is 3.04. The number of nitrogens with one attached hydrogen (secondary N) is 3. The molecule has 1 aromatic carbocycles. The van der Waals surface area contributed by atoms with E-state index in [1.807, 2.05) is 31.2 Å². The van der Waals surface area contributed by atoms with Crippen LogP contribution in [0.1, 0.15) is 40.2 Å². The van der Waals surface area contributed by atoms with E-state index in [0.29, 0.717) is 18.7 Å². The van der Waals surface area contributed by atoms with Gasteiger partial charge in [-0.1, -0.05) is 12.1 Å². The van der Waals surface area contributed by atoms with Crippen molar-refractivity contribution in [1.82, 2.24) is 16.0 Å². The number of guanidine groups is 1. The Morgan fingerprint density at radius 1 is 1.04 bits per heavy atom. The molecule has 0 unspecified atom stereocenters. The van der Waals surface area contributed by atoms with Gasteiger partial charge in [-0.15, -0.1) is 11.3 Å². The number of benzene rings is 1. The van der Waals surface area contributed by atoms with Crippen molar-refractivity contribution < 1.29 is 4.79 Å². The second-order valence-corrected chi connectivity index (χ2v) is 6.63. The molecule has 0 saturated carbocycles. The molecule has 0 aliphatic carbocycles. The zero-order chi connectivity index (χ0) is 18.1. The van der Waals surface area contributed by atoms with E-state index < -0.39 is 0 Å². The fourth-order valence-corrected chi connectivity index (χ4v) is 3.13. The summed E-state index contributed by atoms with van der Waals surface area (Å²) in [4.78, 5) is 17.7. The SMILES string of the molecule is CCNC(=O)c1ccc(CN=C(NCC)NCc2sccc2C)cc1. The molecule has 3 N–H and O–H groups in total. The highest BCUT2D eigenvalue weighted by atomic mass is 32.1. The number of rotatable bonds is 7. The van der Waals surface area contributed by atoms with Gasteiger partial charge in [-0.3, -0.25) is 4.79 Å². The van der Waals surface area contributed by atoms with E-state index in [-0.39, 0.29) is 5.91 Å². The monoisotopic (exact) mass is 358 g/mol. The Morgan fingerprint density at radius 3 is 2.36 bits per heavy atom. The smallest absolute Gasteiger partial charge is 0.251 e. The zero-order valence-corrected chi connectivity index (χ0v) is 15.9. The molecule has 0 aliphatic heterocycles. The van der Waals surface area contributed by atoms with Crippen molar-refractivity contribution in [2.45, 2.75) is 33.9 Å². The molecule has 0 aliphatic rings. The maximum absolute atomic E-state index is 11.8. The normalized spacial score (nSPS) is 11.2. The third kappa shape index (κ3) is 5.90. The second-order valence-electron chi connectivity index (χ2n) is 5.63. The molecule has 1 aromatic heterocycles. The van der Waals surface area contributed by atoms with Crippen molar-refractivity contribution in [3.8, 4) is 0 Å². The van der Waals surface area contributed by atoms with Crippen LogP contribution in [-0.4, -0.2) is 25.0 Å². The summed E-state index contributed by atoms with van der Waals surface area (Å²) in [6.45, 7) is 8.86. The summed E-state index contributed by atoms with van der Waals surface area (Å²) in [6, 6.07) is 9.69. The number of thiophene rings is 1. The van der Waals surface area contributed by atoms with Crippen molar-refractivity contribution in [3.05, 3.63) is 57.3 Å². The van der Waals surface area contributed by atoms with E-state index in [4.69, 9.17) is 0 Å². The number of carbonyl (C=O) groups is 1. The lowest BCUT2D eigenvalue weighted by Gasteiger charge is -2.11. The van der Waals surface area contributed by atoms with Crippen molar-refractivity contribution in [2.75, 3.05) is 13.1 Å². The average Bonchev–Trinajstić information content (AvgIpc) is 3.03. The molecule has 0 atom stereocenters. The standard InChI is InChI=1S/C19H26N4OS/c1-4-20-18(24)16-8-6-15(7-9-16)12-22-19(21-5-2)23-13-17-14(3)10-11-25-17/h6-11H,4-5,12-13H2,1-3H3,(H,20,24)(H2,21,22,23). The molecule has 1 heterocycles. The summed E-state index contributed by atoms with van der Waals surface area (Å²) < 4.78 is 0. The Morgan fingerprint density at radius 2 is 1.76 bits per heavy atom. The molecular formula is C19H26N4OS. The fourth-order valence-electron chi connectivity index (χ4n) is 2.29. The molecule has 0 bridgehead atoms. The van der Waals surface area contributed by atoms with Gasteiger partial charge in [-0.25, -0.2) is 4.99 Å². The first-order valence-corrected chi connectivity index (χ1v) is 9.44. The first-order valence-electron chi connectivity index (χ1n) is 8.56. The van der Waals surface area contributed by atoms with Gasteiger partial charge in [0.25, 0.3) is 5.91 Å². The highest BCUT2D eigenvalue weighted by Crippen LogP contribution is 2.14. The van der Waals surface area contributed by atoms with Crippen LogP contribution in [0.5, 0.6) is 0 Å². The van der Waals surface area contributed by atoms with E-state index in [9.17, 15) is 4.79 Å². The van der Waals surface area contributed by atoms with E-state index >= 15 is 0 Å². The molecule has 0 spiro atoms. The molecule has 0 radical (unpaired) electrons. The van der Waals surface area contributed by atoms with Crippen molar-refractivity contribution in [3.63, 3.8) is 0 Å². The first kappa shape index (κ1) is 19.0. The summed E-state index contributed by atoms with van der Waals surface area (Å²) in [7, 11) is 0. The molecule has 1 amide bonds. The van der Waals surface area contributed by atoms with Crippen LogP contribution in [-0.2, 0) is 13.1 Å². The largest absolute Gasteiger partial charge is 0.357 e. The van der Waals surface area contributed by atoms with Crippen molar-refractivity contribution >= 4 is 23.2 Å². The van der Waals surface area contributed by atoms with Gasteiger partial charge in [0.2, 0.25) is 0 Å². The fraction of sp³-hybridized carbons (Fsp3) is 0.368. The van der Waals surface area contributed by atoms with Crippen LogP contribution in [0.25, 0.3) is 0 Å². The lowest BCUT2D eigenvalue weighted by molar-refractivity contribution is 0.0956. The lowest BCUT2D eigenvalue weighted by Crippen LogP contribution is -2.36. The van der Waals surface area contributed by atoms with Gasteiger partial charge in [-0.05, 0) is 55.5 Å². The van der Waals surface area contributed by atoms with Crippen LogP contribution < -0.4 is 16.0 Å². The Hall–Kier alpha value is -2.34. The maximum Gasteiger partial charge on any atom is 0.251 e. The Kier molecular flexibility index (Phi) is 7.47. The van der Waals surface area contributed by atoms with Crippen LogP contribution in [0.4, 0.5) is 0 Å².